The smallest absolute Gasteiger partial charge is 0.462 e. The van der Waals surface area contributed by atoms with E-state index in [9.17, 15) is 19.0 Å². The standard InChI is InChI=1S/C76H128NO8P/c1-6-8-10-12-14-16-18-20-22-24-26-28-29-30-31-32-33-34-35-36-37-38-39-40-41-42-43-44-45-46-47-49-51-53-55-57-59-61-63-65-67-69-76(79)85-74(73-84-86(80,81)83-71-70-77(3,4)5)72-82-75(78)68-66-64-62-60-58-56-54-52-50-48-27-25-23-21-19-17-15-13-11-9-7-2/h8-11,14-17,20-23,26-28,30-31,33-34,48,52,54,58,60,74H,6-7,12-13,18-19,24-25,29,32,35-47,49-51,53,55-57,59,61-73H2,1-5H3/p+1/b10-8-,11-9-,16-14-,17-15-,22-20-,23-21-,28-26-,31-30-,34-33-,48-27-,54-52-,60-58-. The van der Waals surface area contributed by atoms with E-state index in [-0.39, 0.29) is 26.1 Å². The topological polar surface area (TPSA) is 108 Å². The Hall–Kier alpha value is -4.11. The lowest BCUT2D eigenvalue weighted by atomic mass is 10.0. The highest BCUT2D eigenvalue weighted by atomic mass is 31.2. The maximum absolute atomic E-state index is 12.9. The Morgan fingerprint density at radius 3 is 0.953 bits per heavy atom. The fourth-order valence-electron chi connectivity index (χ4n) is 9.14. The number of rotatable bonds is 62. The van der Waals surface area contributed by atoms with Gasteiger partial charge in [0.25, 0.3) is 0 Å². The van der Waals surface area contributed by atoms with E-state index in [1.165, 1.54) is 122 Å². The Morgan fingerprint density at radius 1 is 0.360 bits per heavy atom. The molecule has 0 fully saturated rings. The van der Waals surface area contributed by atoms with Gasteiger partial charge in [-0.25, -0.2) is 4.57 Å². The summed E-state index contributed by atoms with van der Waals surface area (Å²) in [6.45, 7) is 4.16. The third-order valence-corrected chi connectivity index (χ3v) is 15.3. The summed E-state index contributed by atoms with van der Waals surface area (Å²) in [4.78, 5) is 35.8. The van der Waals surface area contributed by atoms with E-state index in [1.807, 2.05) is 21.1 Å². The van der Waals surface area contributed by atoms with Gasteiger partial charge < -0.3 is 18.9 Å². The molecular formula is C76H129NO8P+. The first-order valence-electron chi connectivity index (χ1n) is 34.6. The minimum Gasteiger partial charge on any atom is -0.462 e. The van der Waals surface area contributed by atoms with Crippen molar-refractivity contribution in [3.8, 4) is 0 Å². The van der Waals surface area contributed by atoms with Crippen LogP contribution in [0.1, 0.15) is 271 Å². The molecule has 0 radical (unpaired) electrons. The molecular weight excluding hydrogens is 1090 g/mol. The number of phosphoric ester groups is 1. The molecule has 9 nitrogen and oxygen atoms in total. The molecule has 2 unspecified atom stereocenters. The maximum atomic E-state index is 12.9. The first-order valence-corrected chi connectivity index (χ1v) is 36.1. The van der Waals surface area contributed by atoms with Gasteiger partial charge in [-0.15, -0.1) is 0 Å². The van der Waals surface area contributed by atoms with Crippen LogP contribution in [0.4, 0.5) is 0 Å². The zero-order chi connectivity index (χ0) is 62.6. The van der Waals surface area contributed by atoms with E-state index in [0.29, 0.717) is 23.9 Å². The van der Waals surface area contributed by atoms with Crippen LogP contribution in [0.2, 0.25) is 0 Å². The molecule has 86 heavy (non-hydrogen) atoms. The lowest BCUT2D eigenvalue weighted by Crippen LogP contribution is -2.37. The Labute approximate surface area is 529 Å². The minimum atomic E-state index is -4.41. The lowest BCUT2D eigenvalue weighted by Gasteiger charge is -2.24. The highest BCUT2D eigenvalue weighted by molar-refractivity contribution is 7.47. The number of hydrogen-bond acceptors (Lipinski definition) is 7. The number of esters is 2. The monoisotopic (exact) mass is 1210 g/mol. The average molecular weight is 1220 g/mol. The molecule has 490 valence electrons. The highest BCUT2D eigenvalue weighted by Gasteiger charge is 2.27. The fourth-order valence-corrected chi connectivity index (χ4v) is 9.88. The van der Waals surface area contributed by atoms with Gasteiger partial charge in [0, 0.05) is 12.8 Å². The number of likely N-dealkylation sites (N-methyl/N-ethyl adjacent to an activating group) is 1. The Kier molecular flexibility index (Phi) is 62.2. The number of carbonyl (C=O) groups excluding carboxylic acids is 2. The van der Waals surface area contributed by atoms with Gasteiger partial charge in [-0.2, -0.15) is 0 Å². The van der Waals surface area contributed by atoms with Crippen molar-refractivity contribution in [3.05, 3.63) is 146 Å². The number of allylic oxidation sites excluding steroid dienone is 24. The van der Waals surface area contributed by atoms with Gasteiger partial charge in [0.15, 0.2) is 6.10 Å². The molecule has 0 saturated heterocycles. The van der Waals surface area contributed by atoms with Gasteiger partial charge in [0.1, 0.15) is 19.8 Å². The van der Waals surface area contributed by atoms with Crippen LogP contribution in [-0.4, -0.2) is 74.9 Å². The number of quaternary nitrogens is 1. The summed E-state index contributed by atoms with van der Waals surface area (Å²) < 4.78 is 34.6. The second-order valence-electron chi connectivity index (χ2n) is 23.8. The Bertz CT molecular complexity index is 1960. The zero-order valence-corrected chi connectivity index (χ0v) is 56.6. The number of hydrogen-bond donors (Lipinski definition) is 1. The van der Waals surface area contributed by atoms with Gasteiger partial charge in [-0.1, -0.05) is 288 Å². The van der Waals surface area contributed by atoms with E-state index < -0.39 is 32.5 Å². The Balaban J connectivity index is 4.02. The summed E-state index contributed by atoms with van der Waals surface area (Å²) >= 11 is 0. The van der Waals surface area contributed by atoms with Gasteiger partial charge in [-0.05, 0) is 116 Å². The SMILES string of the molecule is CC/C=C\C/C=C\C/C=C\C/C=C\C/C=C\C/C=C\CCCCCCCCCCCCCCCCCCCCCCCCC(=O)OC(COC(=O)CCCC/C=C\C/C=C\C/C=C\C/C=C\C/C=C\C/C=C\CC)COP(=O)(O)OCC[N+](C)(C)C. The van der Waals surface area contributed by atoms with E-state index in [1.54, 1.807) is 0 Å². The quantitative estimate of drug-likeness (QED) is 0.0211. The molecule has 0 bridgehead atoms. The summed E-state index contributed by atoms with van der Waals surface area (Å²) in [7, 11) is 1.44. The van der Waals surface area contributed by atoms with E-state index >= 15 is 0 Å². The molecule has 0 aliphatic heterocycles. The summed E-state index contributed by atoms with van der Waals surface area (Å²) in [5, 5.41) is 0. The van der Waals surface area contributed by atoms with Crippen LogP contribution in [0, 0.1) is 0 Å². The predicted octanol–water partition coefficient (Wildman–Crippen LogP) is 22.6. The zero-order valence-electron chi connectivity index (χ0n) is 55.7. The molecule has 0 heterocycles. The van der Waals surface area contributed by atoms with Crippen molar-refractivity contribution in [2.75, 3.05) is 47.5 Å². The van der Waals surface area contributed by atoms with E-state index in [4.69, 9.17) is 18.5 Å². The minimum absolute atomic E-state index is 0.0192. The van der Waals surface area contributed by atoms with Crippen LogP contribution >= 0.6 is 7.82 Å². The second kappa shape index (κ2) is 65.3. The molecule has 0 saturated carbocycles. The normalized spacial score (nSPS) is 14.1. The molecule has 0 spiro atoms. The van der Waals surface area contributed by atoms with Crippen molar-refractivity contribution in [3.63, 3.8) is 0 Å². The number of phosphoric acid groups is 1. The number of carbonyl (C=O) groups is 2. The largest absolute Gasteiger partial charge is 0.472 e. The van der Waals surface area contributed by atoms with Crippen LogP contribution < -0.4 is 0 Å². The van der Waals surface area contributed by atoms with Crippen LogP contribution in [0.15, 0.2) is 146 Å². The molecule has 0 aromatic heterocycles. The van der Waals surface area contributed by atoms with Gasteiger partial charge >= 0.3 is 19.8 Å². The second-order valence-corrected chi connectivity index (χ2v) is 25.3. The molecule has 2 atom stereocenters. The van der Waals surface area contributed by atoms with E-state index in [0.717, 1.165) is 109 Å². The molecule has 0 aromatic carbocycles. The number of nitrogens with zero attached hydrogens (tertiary/aromatic N) is 1. The molecule has 0 aliphatic carbocycles. The molecule has 0 rings (SSSR count). The van der Waals surface area contributed by atoms with Gasteiger partial charge in [-0.3, -0.25) is 18.6 Å². The summed E-state index contributed by atoms with van der Waals surface area (Å²) in [5.41, 5.74) is 0. The van der Waals surface area contributed by atoms with Crippen molar-refractivity contribution >= 4 is 19.8 Å². The van der Waals surface area contributed by atoms with Gasteiger partial charge in [0.05, 0.1) is 27.7 Å². The van der Waals surface area contributed by atoms with Crippen molar-refractivity contribution < 1.29 is 42.1 Å². The Morgan fingerprint density at radius 2 is 0.628 bits per heavy atom. The van der Waals surface area contributed by atoms with Crippen LogP contribution in [0.25, 0.3) is 0 Å². The van der Waals surface area contributed by atoms with Crippen LogP contribution in [-0.2, 0) is 32.7 Å². The summed E-state index contributed by atoms with van der Waals surface area (Å²) in [6.07, 6.45) is 96.8. The molecule has 0 aromatic rings. The van der Waals surface area contributed by atoms with Crippen molar-refractivity contribution in [1.82, 2.24) is 0 Å². The van der Waals surface area contributed by atoms with Crippen molar-refractivity contribution in [2.45, 2.75) is 277 Å². The first kappa shape index (κ1) is 81.9. The maximum Gasteiger partial charge on any atom is 0.472 e. The van der Waals surface area contributed by atoms with Gasteiger partial charge in [0.2, 0.25) is 0 Å². The predicted molar refractivity (Wildman–Crippen MR) is 371 cm³/mol. The average Bonchev–Trinajstić information content (AvgIpc) is 3.70. The molecule has 10 heteroatoms. The van der Waals surface area contributed by atoms with Crippen LogP contribution in [0.5, 0.6) is 0 Å². The molecule has 0 amide bonds. The number of unbranched alkanes of at least 4 members (excludes halogenated alkanes) is 24. The highest BCUT2D eigenvalue weighted by Crippen LogP contribution is 2.43. The van der Waals surface area contributed by atoms with Crippen LogP contribution in [0.3, 0.4) is 0 Å². The van der Waals surface area contributed by atoms with Crippen molar-refractivity contribution in [1.29, 1.82) is 0 Å². The van der Waals surface area contributed by atoms with Crippen molar-refractivity contribution in [2.24, 2.45) is 0 Å². The third kappa shape index (κ3) is 69.0. The first-order chi connectivity index (χ1) is 42.0. The molecule has 0 aliphatic rings. The molecule has 1 N–H and O–H groups in total. The third-order valence-electron chi connectivity index (χ3n) is 14.4. The summed E-state index contributed by atoms with van der Waals surface area (Å²) in [5.74, 6) is -0.849. The lowest BCUT2D eigenvalue weighted by molar-refractivity contribution is -0.870. The van der Waals surface area contributed by atoms with E-state index in [2.05, 4.69) is 160 Å². The summed E-state index contributed by atoms with van der Waals surface area (Å²) in [6, 6.07) is 0. The number of ether oxygens (including phenoxy) is 2. The fraction of sp³-hybridized carbons (Fsp3) is 0.658.